The first-order valence-electron chi connectivity index (χ1n) is 11.6. The quantitative estimate of drug-likeness (QED) is 0.595. The second-order valence-corrected chi connectivity index (χ2v) is 10.3. The van der Waals surface area contributed by atoms with E-state index in [1.807, 2.05) is 0 Å². The van der Waals surface area contributed by atoms with Gasteiger partial charge >= 0.3 is 7.12 Å². The third kappa shape index (κ3) is 3.95. The molecule has 0 amide bonds. The molecule has 4 rings (SSSR count). The van der Waals surface area contributed by atoms with Gasteiger partial charge in [0.25, 0.3) is 0 Å². The van der Waals surface area contributed by atoms with E-state index in [9.17, 15) is 0 Å². The molecule has 3 aromatic rings. The lowest BCUT2D eigenvalue weighted by Gasteiger charge is -2.32. The zero-order valence-corrected chi connectivity index (χ0v) is 20.7. The predicted molar refractivity (Wildman–Crippen MR) is 139 cm³/mol. The molecule has 1 fully saturated rings. The lowest BCUT2D eigenvalue weighted by molar-refractivity contribution is 0.00578. The summed E-state index contributed by atoms with van der Waals surface area (Å²) in [6.45, 7) is 17.5. The fourth-order valence-corrected chi connectivity index (χ4v) is 4.88. The Bertz CT molecular complexity index is 1070. The first-order chi connectivity index (χ1) is 15.0. The minimum Gasteiger partial charge on any atom is -0.399 e. The molecule has 2 nitrogen and oxygen atoms in total. The van der Waals surface area contributed by atoms with Crippen LogP contribution >= 0.6 is 0 Å². The van der Waals surface area contributed by atoms with Gasteiger partial charge in [-0.2, -0.15) is 0 Å². The van der Waals surface area contributed by atoms with Gasteiger partial charge < -0.3 is 9.31 Å². The molecule has 164 valence electrons. The van der Waals surface area contributed by atoms with Gasteiger partial charge in [-0.05, 0) is 60.9 Å². The molecule has 0 atom stereocenters. The van der Waals surface area contributed by atoms with Crippen LogP contribution in [0, 0.1) is 27.7 Å². The molecular formula is C28H34B2O2. The molecule has 0 aliphatic carbocycles. The molecule has 0 unspecified atom stereocenters. The third-order valence-corrected chi connectivity index (χ3v) is 7.43. The maximum absolute atomic E-state index is 6.35. The highest BCUT2D eigenvalue weighted by molar-refractivity contribution is 6.96. The molecule has 0 N–H and O–H groups in total. The molecule has 4 heteroatoms. The van der Waals surface area contributed by atoms with Gasteiger partial charge in [-0.25, -0.2) is 0 Å². The van der Waals surface area contributed by atoms with Crippen molar-refractivity contribution in [2.45, 2.75) is 66.6 Å². The second kappa shape index (κ2) is 8.24. The molecule has 0 bridgehead atoms. The van der Waals surface area contributed by atoms with Crippen molar-refractivity contribution in [2.24, 2.45) is 0 Å². The van der Waals surface area contributed by atoms with Crippen LogP contribution < -0.4 is 21.9 Å². The summed E-state index contributed by atoms with van der Waals surface area (Å²) in [7, 11) is -0.346. The average molecular weight is 424 g/mol. The molecular weight excluding hydrogens is 390 g/mol. The van der Waals surface area contributed by atoms with Crippen molar-refractivity contribution in [3.63, 3.8) is 0 Å². The number of hydrogen-bond acceptors (Lipinski definition) is 2. The first-order valence-corrected chi connectivity index (χ1v) is 11.6. The van der Waals surface area contributed by atoms with Gasteiger partial charge in [0, 0.05) is 0 Å². The second-order valence-electron chi connectivity index (χ2n) is 10.3. The number of benzene rings is 3. The van der Waals surface area contributed by atoms with Crippen LogP contribution in [0.15, 0.2) is 60.7 Å². The Labute approximate surface area is 194 Å². The fourth-order valence-electron chi connectivity index (χ4n) is 4.88. The summed E-state index contributed by atoms with van der Waals surface area (Å²) >= 11 is 0. The van der Waals surface area contributed by atoms with Crippen LogP contribution in [0.3, 0.4) is 0 Å². The highest BCUT2D eigenvalue weighted by atomic mass is 16.7. The van der Waals surface area contributed by atoms with Crippen LogP contribution in [0.25, 0.3) is 0 Å². The van der Waals surface area contributed by atoms with E-state index >= 15 is 0 Å². The third-order valence-electron chi connectivity index (χ3n) is 7.43. The standard InChI is InChI=1S/C28H34B2O2/c1-19-13-9-11-15-24(19)29(25-16-12-10-14-20(25)2)26-21(3)17-23(18-22(26)4)30-31-27(5,6)28(7,8)32-30/h9-18H,1-8H3. The molecule has 1 heterocycles. The lowest BCUT2D eigenvalue weighted by Crippen LogP contribution is -2.56. The van der Waals surface area contributed by atoms with Crippen molar-refractivity contribution in [3.8, 4) is 0 Å². The number of rotatable bonds is 4. The zero-order valence-electron chi connectivity index (χ0n) is 20.7. The van der Waals surface area contributed by atoms with Gasteiger partial charge in [0.05, 0.1) is 11.2 Å². The normalized spacial score (nSPS) is 16.9. The Morgan fingerprint density at radius 3 is 1.44 bits per heavy atom. The maximum atomic E-state index is 6.35. The topological polar surface area (TPSA) is 18.5 Å². The van der Waals surface area contributed by atoms with E-state index < -0.39 is 0 Å². The van der Waals surface area contributed by atoms with Crippen LogP contribution in [0.1, 0.15) is 49.9 Å². The summed E-state index contributed by atoms with van der Waals surface area (Å²) in [5, 5.41) is 0. The van der Waals surface area contributed by atoms with Gasteiger partial charge in [-0.3, -0.25) is 0 Å². The molecule has 1 saturated heterocycles. The van der Waals surface area contributed by atoms with E-state index in [0.717, 1.165) is 5.46 Å². The highest BCUT2D eigenvalue weighted by Gasteiger charge is 2.51. The van der Waals surface area contributed by atoms with Crippen LogP contribution in [0.2, 0.25) is 0 Å². The summed E-state index contributed by atoms with van der Waals surface area (Å²) in [6.07, 6.45) is 0. The summed E-state index contributed by atoms with van der Waals surface area (Å²) in [6, 6.07) is 22.0. The van der Waals surface area contributed by atoms with Crippen molar-refractivity contribution >= 4 is 35.7 Å². The Kier molecular flexibility index (Phi) is 5.90. The van der Waals surface area contributed by atoms with Crippen LogP contribution in [-0.2, 0) is 9.31 Å². The molecule has 0 aromatic heterocycles. The lowest BCUT2D eigenvalue weighted by atomic mass is 9.34. The molecule has 0 spiro atoms. The SMILES string of the molecule is Cc1ccccc1B(c1ccccc1C)c1c(C)cc(B2OC(C)(C)C(C)(C)O2)cc1C. The van der Waals surface area contributed by atoms with E-state index in [2.05, 4.69) is 116 Å². The predicted octanol–water partition coefficient (Wildman–Crippen LogP) is 3.74. The summed E-state index contributed by atoms with van der Waals surface area (Å²) < 4.78 is 12.7. The largest absolute Gasteiger partial charge is 0.494 e. The zero-order chi connectivity index (χ0) is 23.3. The van der Waals surface area contributed by atoms with Crippen LogP contribution in [0.4, 0.5) is 0 Å². The Hall–Kier alpha value is -2.29. The molecule has 0 radical (unpaired) electrons. The fraction of sp³-hybridized carbons (Fsp3) is 0.357. The number of aryl methyl sites for hydroxylation is 4. The molecule has 32 heavy (non-hydrogen) atoms. The van der Waals surface area contributed by atoms with Gasteiger partial charge in [0.15, 0.2) is 0 Å². The summed E-state index contributed by atoms with van der Waals surface area (Å²) in [5.41, 5.74) is 9.66. The molecule has 1 aliphatic heterocycles. The minimum absolute atomic E-state index is 0.185. The van der Waals surface area contributed by atoms with Gasteiger partial charge in [-0.1, -0.05) is 99.3 Å². The van der Waals surface area contributed by atoms with Gasteiger partial charge in [0.2, 0.25) is 6.71 Å². The smallest absolute Gasteiger partial charge is 0.399 e. The summed E-state index contributed by atoms with van der Waals surface area (Å²) in [4.78, 5) is 0. The first kappa shape index (κ1) is 22.9. The minimum atomic E-state index is -0.346. The van der Waals surface area contributed by atoms with Crippen molar-refractivity contribution < 1.29 is 9.31 Å². The van der Waals surface area contributed by atoms with Crippen molar-refractivity contribution in [1.82, 2.24) is 0 Å². The van der Waals surface area contributed by atoms with E-state index in [-0.39, 0.29) is 25.0 Å². The van der Waals surface area contributed by atoms with Crippen molar-refractivity contribution in [2.75, 3.05) is 0 Å². The molecule has 1 aliphatic rings. The Morgan fingerprint density at radius 1 is 0.625 bits per heavy atom. The van der Waals surface area contributed by atoms with E-state index in [0.29, 0.717) is 0 Å². The van der Waals surface area contributed by atoms with E-state index in [1.54, 1.807) is 0 Å². The van der Waals surface area contributed by atoms with E-state index in [4.69, 9.17) is 9.31 Å². The molecule has 3 aromatic carbocycles. The summed E-state index contributed by atoms with van der Waals surface area (Å²) in [5.74, 6) is 0. The van der Waals surface area contributed by atoms with Crippen molar-refractivity contribution in [1.29, 1.82) is 0 Å². The highest BCUT2D eigenvalue weighted by Crippen LogP contribution is 2.36. The number of hydrogen-bond donors (Lipinski definition) is 0. The van der Waals surface area contributed by atoms with Crippen LogP contribution in [0.5, 0.6) is 0 Å². The maximum Gasteiger partial charge on any atom is 0.494 e. The molecule has 0 saturated carbocycles. The average Bonchev–Trinajstić information content (AvgIpc) is 2.93. The van der Waals surface area contributed by atoms with Gasteiger partial charge in [0.1, 0.15) is 0 Å². The Balaban J connectivity index is 1.85. The Morgan fingerprint density at radius 2 is 1.03 bits per heavy atom. The van der Waals surface area contributed by atoms with Gasteiger partial charge in [-0.15, -0.1) is 0 Å². The van der Waals surface area contributed by atoms with Crippen molar-refractivity contribution in [3.05, 3.63) is 82.9 Å². The monoisotopic (exact) mass is 424 g/mol. The van der Waals surface area contributed by atoms with Crippen LogP contribution in [-0.4, -0.2) is 25.0 Å². The van der Waals surface area contributed by atoms with E-state index in [1.165, 1.54) is 38.6 Å².